The van der Waals surface area contributed by atoms with Crippen molar-refractivity contribution in [2.24, 2.45) is 0 Å². The topological polar surface area (TPSA) is 57.8 Å². The van der Waals surface area contributed by atoms with Crippen LogP contribution in [0.25, 0.3) is 0 Å². The monoisotopic (exact) mass is 273 g/mol. The lowest BCUT2D eigenvalue weighted by Crippen LogP contribution is -2.25. The quantitative estimate of drug-likeness (QED) is 0.586. The van der Waals surface area contributed by atoms with Gasteiger partial charge in [0.1, 0.15) is 0 Å². The van der Waals surface area contributed by atoms with E-state index in [0.29, 0.717) is 13.0 Å². The van der Waals surface area contributed by atoms with Crippen molar-refractivity contribution in [1.82, 2.24) is 15.3 Å². The van der Waals surface area contributed by atoms with Gasteiger partial charge in [0.05, 0.1) is 6.33 Å². The Morgan fingerprint density at radius 2 is 2.40 bits per heavy atom. The maximum atomic E-state index is 11.3. The minimum Gasteiger partial charge on any atom is -0.356 e. The summed E-state index contributed by atoms with van der Waals surface area (Å²) in [6, 6.07) is 0. The van der Waals surface area contributed by atoms with Crippen molar-refractivity contribution in [2.75, 3.05) is 11.9 Å². The van der Waals surface area contributed by atoms with Crippen LogP contribution in [0.2, 0.25) is 0 Å². The molecule has 5 heteroatoms. The third kappa shape index (κ3) is 5.57. The number of alkyl halides is 1. The van der Waals surface area contributed by atoms with Crippen molar-refractivity contribution < 1.29 is 4.79 Å². The molecule has 1 amide bonds. The van der Waals surface area contributed by atoms with Gasteiger partial charge < -0.3 is 10.3 Å². The zero-order valence-electron chi connectivity index (χ0n) is 8.63. The number of imidazole rings is 1. The number of hydrogen-bond acceptors (Lipinski definition) is 2. The molecule has 15 heavy (non-hydrogen) atoms. The highest BCUT2D eigenvalue weighted by Gasteiger charge is 2.00. The summed E-state index contributed by atoms with van der Waals surface area (Å²) in [6.07, 6.45) is 6.85. The first-order chi connectivity index (χ1) is 7.33. The van der Waals surface area contributed by atoms with E-state index in [-0.39, 0.29) is 5.91 Å². The molecule has 0 atom stereocenters. The smallest absolute Gasteiger partial charge is 0.220 e. The number of aromatic nitrogens is 2. The normalized spacial score (nSPS) is 10.2. The Balaban J connectivity index is 2.02. The summed E-state index contributed by atoms with van der Waals surface area (Å²) < 4.78 is 0. The summed E-state index contributed by atoms with van der Waals surface area (Å²) in [5, 5.41) is 3.84. The van der Waals surface area contributed by atoms with Gasteiger partial charge in [0.25, 0.3) is 0 Å². The molecule has 1 rings (SSSR count). The number of nitrogens with one attached hydrogen (secondary N) is 2. The molecular formula is C10H16BrN3O. The number of hydrogen-bond donors (Lipinski definition) is 2. The Bertz CT molecular complexity index is 274. The number of halogens is 1. The highest BCUT2D eigenvalue weighted by Crippen LogP contribution is 1.98. The predicted octanol–water partition coefficient (Wildman–Crippen LogP) is 1.63. The molecule has 1 heterocycles. The van der Waals surface area contributed by atoms with E-state index >= 15 is 0 Å². The van der Waals surface area contributed by atoms with Crippen LogP contribution in [0.4, 0.5) is 0 Å². The van der Waals surface area contributed by atoms with E-state index in [1.54, 1.807) is 12.5 Å². The summed E-state index contributed by atoms with van der Waals surface area (Å²) in [7, 11) is 0. The first-order valence-corrected chi connectivity index (χ1v) is 6.25. The molecule has 0 aliphatic rings. The highest BCUT2D eigenvalue weighted by atomic mass is 79.9. The Hall–Kier alpha value is -0.840. The van der Waals surface area contributed by atoms with Gasteiger partial charge in [-0.25, -0.2) is 4.98 Å². The summed E-state index contributed by atoms with van der Waals surface area (Å²) in [4.78, 5) is 18.2. The minimum absolute atomic E-state index is 0.135. The molecule has 0 fully saturated rings. The fourth-order valence-corrected chi connectivity index (χ4v) is 1.62. The first kappa shape index (κ1) is 12.2. The molecule has 2 N–H and O–H groups in total. The highest BCUT2D eigenvalue weighted by molar-refractivity contribution is 9.09. The molecule has 0 aliphatic carbocycles. The predicted molar refractivity (Wildman–Crippen MR) is 62.9 cm³/mol. The van der Waals surface area contributed by atoms with Gasteiger partial charge in [-0.05, 0) is 12.8 Å². The van der Waals surface area contributed by atoms with Crippen molar-refractivity contribution in [3.8, 4) is 0 Å². The third-order valence-electron chi connectivity index (χ3n) is 2.06. The van der Waals surface area contributed by atoms with E-state index in [9.17, 15) is 4.79 Å². The molecule has 0 unspecified atom stereocenters. The van der Waals surface area contributed by atoms with Crippen molar-refractivity contribution in [2.45, 2.75) is 25.7 Å². The van der Waals surface area contributed by atoms with Gasteiger partial charge in [-0.2, -0.15) is 0 Å². The van der Waals surface area contributed by atoms with Crippen LogP contribution in [0.15, 0.2) is 12.5 Å². The van der Waals surface area contributed by atoms with Gasteiger partial charge in [0.2, 0.25) is 5.91 Å². The summed E-state index contributed by atoms with van der Waals surface area (Å²) in [6.45, 7) is 0.676. The number of H-pyrrole nitrogens is 1. The van der Waals surface area contributed by atoms with Gasteiger partial charge in [0.15, 0.2) is 0 Å². The minimum atomic E-state index is 0.135. The Kier molecular flexibility index (Phi) is 6.08. The number of rotatable bonds is 7. The number of amides is 1. The molecule has 0 aromatic carbocycles. The molecule has 0 saturated carbocycles. The maximum absolute atomic E-state index is 11.3. The van der Waals surface area contributed by atoms with E-state index in [0.717, 1.165) is 30.3 Å². The second kappa shape index (κ2) is 7.45. The van der Waals surface area contributed by atoms with E-state index in [2.05, 4.69) is 31.2 Å². The van der Waals surface area contributed by atoms with E-state index < -0.39 is 0 Å². The Labute approximate surface area is 98.0 Å². The number of unbranched alkanes of at least 4 members (excludes halogenated alkanes) is 1. The zero-order chi connectivity index (χ0) is 10.9. The van der Waals surface area contributed by atoms with Gasteiger partial charge in [0, 0.05) is 36.6 Å². The lowest BCUT2D eigenvalue weighted by Gasteiger charge is -2.03. The summed E-state index contributed by atoms with van der Waals surface area (Å²) in [5.41, 5.74) is 1.05. The lowest BCUT2D eigenvalue weighted by molar-refractivity contribution is -0.121. The second-order valence-electron chi connectivity index (χ2n) is 3.32. The van der Waals surface area contributed by atoms with Gasteiger partial charge in [-0.15, -0.1) is 0 Å². The van der Waals surface area contributed by atoms with Crippen LogP contribution in [0, 0.1) is 0 Å². The average molecular weight is 274 g/mol. The molecule has 0 saturated heterocycles. The largest absolute Gasteiger partial charge is 0.356 e. The van der Waals surface area contributed by atoms with Crippen molar-refractivity contribution in [3.05, 3.63) is 18.2 Å². The average Bonchev–Trinajstić information content (AvgIpc) is 2.71. The van der Waals surface area contributed by atoms with Gasteiger partial charge >= 0.3 is 0 Å². The van der Waals surface area contributed by atoms with Crippen LogP contribution in [0.5, 0.6) is 0 Å². The van der Waals surface area contributed by atoms with E-state index in [1.807, 2.05) is 0 Å². The molecule has 0 spiro atoms. The van der Waals surface area contributed by atoms with Crippen LogP contribution in [0.1, 0.15) is 25.0 Å². The number of carbonyl (C=O) groups is 1. The summed E-state index contributed by atoms with van der Waals surface area (Å²) >= 11 is 3.34. The first-order valence-electron chi connectivity index (χ1n) is 5.13. The fourth-order valence-electron chi connectivity index (χ4n) is 1.23. The third-order valence-corrected chi connectivity index (χ3v) is 2.62. The fraction of sp³-hybridized carbons (Fsp3) is 0.600. The zero-order valence-corrected chi connectivity index (χ0v) is 10.2. The Morgan fingerprint density at radius 3 is 3.07 bits per heavy atom. The van der Waals surface area contributed by atoms with Gasteiger partial charge in [-0.1, -0.05) is 15.9 Å². The van der Waals surface area contributed by atoms with E-state index in [4.69, 9.17) is 0 Å². The molecule has 84 valence electrons. The maximum Gasteiger partial charge on any atom is 0.220 e. The van der Waals surface area contributed by atoms with Crippen molar-refractivity contribution >= 4 is 21.8 Å². The van der Waals surface area contributed by atoms with Crippen LogP contribution in [0.3, 0.4) is 0 Å². The second-order valence-corrected chi connectivity index (χ2v) is 4.12. The summed E-state index contributed by atoms with van der Waals surface area (Å²) in [5.74, 6) is 0.135. The van der Waals surface area contributed by atoms with E-state index in [1.165, 1.54) is 0 Å². The molecule has 0 radical (unpaired) electrons. The van der Waals surface area contributed by atoms with Crippen LogP contribution in [-0.4, -0.2) is 27.7 Å². The Morgan fingerprint density at radius 1 is 1.53 bits per heavy atom. The van der Waals surface area contributed by atoms with Crippen molar-refractivity contribution in [1.29, 1.82) is 0 Å². The van der Waals surface area contributed by atoms with Gasteiger partial charge in [-0.3, -0.25) is 4.79 Å². The molecule has 0 bridgehead atoms. The molecule has 1 aromatic rings. The number of carbonyl (C=O) groups excluding carboxylic acids is 1. The van der Waals surface area contributed by atoms with Crippen molar-refractivity contribution in [3.63, 3.8) is 0 Å². The number of aromatic amines is 1. The molecule has 0 aliphatic heterocycles. The number of nitrogens with zero attached hydrogens (tertiary/aromatic N) is 1. The molecular weight excluding hydrogens is 258 g/mol. The van der Waals surface area contributed by atoms with Crippen LogP contribution >= 0.6 is 15.9 Å². The SMILES string of the molecule is O=C(CCCCBr)NCCc1cnc[nH]1. The molecule has 1 aromatic heterocycles. The standard InChI is InChI=1S/C10H16BrN3O/c11-5-2-1-3-10(15)13-6-4-9-7-12-8-14-9/h7-8H,1-6H2,(H,12,14)(H,13,15). The lowest BCUT2D eigenvalue weighted by atomic mass is 10.2. The van der Waals surface area contributed by atoms with Crippen LogP contribution < -0.4 is 5.32 Å². The molecule has 4 nitrogen and oxygen atoms in total. The van der Waals surface area contributed by atoms with Crippen LogP contribution in [-0.2, 0) is 11.2 Å².